The first-order valence-electron chi connectivity index (χ1n) is 10.3. The molecule has 3 aromatic rings. The Labute approximate surface area is 174 Å². The summed E-state index contributed by atoms with van der Waals surface area (Å²) in [6, 6.07) is 6.83. The van der Waals surface area contributed by atoms with Gasteiger partial charge >= 0.3 is 5.69 Å². The monoisotopic (exact) mass is 412 g/mol. The van der Waals surface area contributed by atoms with Gasteiger partial charge in [0, 0.05) is 19.2 Å². The zero-order valence-electron chi connectivity index (χ0n) is 17.4. The van der Waals surface area contributed by atoms with E-state index in [9.17, 15) is 14.7 Å². The summed E-state index contributed by atoms with van der Waals surface area (Å²) in [5, 5.41) is 14.0. The van der Waals surface area contributed by atoms with E-state index in [1.54, 1.807) is 35.9 Å². The minimum absolute atomic E-state index is 0.113. The van der Waals surface area contributed by atoms with Gasteiger partial charge in [0.2, 0.25) is 5.95 Å². The Balaban J connectivity index is 1.87. The predicted octanol–water partition coefficient (Wildman–Crippen LogP) is 2.94. The van der Waals surface area contributed by atoms with Gasteiger partial charge in [-0.05, 0) is 18.6 Å². The largest absolute Gasteiger partial charge is 0.507 e. The van der Waals surface area contributed by atoms with E-state index >= 15 is 0 Å². The van der Waals surface area contributed by atoms with Gasteiger partial charge in [-0.2, -0.15) is 10.1 Å². The quantitative estimate of drug-likeness (QED) is 0.269. The van der Waals surface area contributed by atoms with Crippen molar-refractivity contribution < 1.29 is 5.11 Å². The van der Waals surface area contributed by atoms with Crippen molar-refractivity contribution in [2.24, 2.45) is 12.1 Å². The van der Waals surface area contributed by atoms with Gasteiger partial charge in [0.15, 0.2) is 11.2 Å². The first kappa shape index (κ1) is 21.4. The third-order valence-corrected chi connectivity index (χ3v) is 5.05. The summed E-state index contributed by atoms with van der Waals surface area (Å²) < 4.78 is 3.07. The van der Waals surface area contributed by atoms with E-state index in [0.29, 0.717) is 29.2 Å². The molecule has 0 radical (unpaired) electrons. The van der Waals surface area contributed by atoms with Crippen LogP contribution in [0.3, 0.4) is 0 Å². The van der Waals surface area contributed by atoms with E-state index in [4.69, 9.17) is 0 Å². The molecule has 0 unspecified atom stereocenters. The number of phenolic OH excluding ortho intramolecular Hbond substituents is 1. The van der Waals surface area contributed by atoms with Crippen LogP contribution < -0.4 is 16.7 Å². The number of benzene rings is 1. The number of imidazole rings is 1. The smallest absolute Gasteiger partial charge is 0.329 e. The lowest BCUT2D eigenvalue weighted by molar-refractivity contribution is 0.474. The number of fused-ring (bicyclic) bond motifs is 1. The van der Waals surface area contributed by atoms with Crippen LogP contribution in [0.2, 0.25) is 0 Å². The molecule has 160 valence electrons. The van der Waals surface area contributed by atoms with Gasteiger partial charge in [-0.15, -0.1) is 0 Å². The molecule has 2 heterocycles. The van der Waals surface area contributed by atoms with Crippen molar-refractivity contribution in [3.8, 4) is 5.75 Å². The van der Waals surface area contributed by atoms with Crippen LogP contribution in [0.5, 0.6) is 5.75 Å². The number of aryl methyl sites for hydroxylation is 2. The van der Waals surface area contributed by atoms with Crippen molar-refractivity contribution in [3.63, 3.8) is 0 Å². The number of phenols is 1. The van der Waals surface area contributed by atoms with Crippen LogP contribution >= 0.6 is 0 Å². The summed E-state index contributed by atoms with van der Waals surface area (Å²) in [5.74, 6) is 0.486. The van der Waals surface area contributed by atoms with Crippen molar-refractivity contribution in [2.45, 2.75) is 52.0 Å². The second-order valence-electron chi connectivity index (χ2n) is 7.27. The van der Waals surface area contributed by atoms with Crippen LogP contribution in [0.1, 0.15) is 51.0 Å². The van der Waals surface area contributed by atoms with Gasteiger partial charge in [-0.25, -0.2) is 10.2 Å². The average molecular weight is 412 g/mol. The van der Waals surface area contributed by atoms with Crippen molar-refractivity contribution in [3.05, 3.63) is 50.7 Å². The molecule has 0 spiro atoms. The molecule has 0 amide bonds. The van der Waals surface area contributed by atoms with E-state index in [1.165, 1.54) is 30.0 Å². The van der Waals surface area contributed by atoms with E-state index in [1.807, 2.05) is 0 Å². The maximum Gasteiger partial charge on any atom is 0.329 e. The van der Waals surface area contributed by atoms with Gasteiger partial charge in [0.05, 0.1) is 6.21 Å². The number of nitrogens with one attached hydrogen (secondary N) is 2. The first-order chi connectivity index (χ1) is 14.5. The van der Waals surface area contributed by atoms with Crippen molar-refractivity contribution in [2.75, 3.05) is 5.43 Å². The molecule has 0 atom stereocenters. The van der Waals surface area contributed by atoms with Gasteiger partial charge in [-0.3, -0.25) is 14.3 Å². The predicted molar refractivity (Wildman–Crippen MR) is 118 cm³/mol. The Bertz CT molecular complexity index is 1140. The molecule has 0 fully saturated rings. The van der Waals surface area contributed by atoms with E-state index in [0.717, 1.165) is 19.3 Å². The number of anilines is 1. The molecular formula is C21H28N6O3. The van der Waals surface area contributed by atoms with Gasteiger partial charge < -0.3 is 9.67 Å². The number of aromatic amines is 1. The van der Waals surface area contributed by atoms with E-state index < -0.39 is 11.2 Å². The summed E-state index contributed by atoms with van der Waals surface area (Å²) in [4.78, 5) is 31.2. The van der Waals surface area contributed by atoms with E-state index in [-0.39, 0.29) is 5.75 Å². The summed E-state index contributed by atoms with van der Waals surface area (Å²) in [6.07, 6.45) is 8.17. The van der Waals surface area contributed by atoms with Crippen LogP contribution in [0.15, 0.2) is 39.0 Å². The second kappa shape index (κ2) is 9.91. The van der Waals surface area contributed by atoms with Gasteiger partial charge in [0.25, 0.3) is 5.56 Å². The standard InChI is InChI=1S/C21H28N6O3/c1-3-4-5-6-7-10-13-27-17-18(26(2)21(30)24-19(17)29)23-20(27)25-22-14-15-11-8-9-12-16(15)28/h8-9,11-12,14,28H,3-7,10,13H2,1-2H3,(H,23,25)(H,24,29,30)/b22-14-. The number of hydrazone groups is 1. The molecule has 3 rings (SSSR count). The number of nitrogens with zero attached hydrogens (tertiary/aromatic N) is 4. The number of unbranched alkanes of at least 4 members (excludes halogenated alkanes) is 5. The summed E-state index contributed by atoms with van der Waals surface area (Å²) in [6.45, 7) is 2.76. The van der Waals surface area contributed by atoms with Gasteiger partial charge in [-0.1, -0.05) is 51.2 Å². The fourth-order valence-electron chi connectivity index (χ4n) is 3.34. The lowest BCUT2D eigenvalue weighted by Gasteiger charge is -2.08. The number of aromatic nitrogens is 4. The summed E-state index contributed by atoms with van der Waals surface area (Å²) >= 11 is 0. The Morgan fingerprint density at radius 1 is 1.17 bits per heavy atom. The highest BCUT2D eigenvalue weighted by Gasteiger charge is 2.16. The molecule has 1 aromatic carbocycles. The number of H-pyrrole nitrogens is 1. The highest BCUT2D eigenvalue weighted by atomic mass is 16.3. The van der Waals surface area contributed by atoms with Crippen LogP contribution in [0.4, 0.5) is 5.95 Å². The molecule has 0 saturated carbocycles. The number of aromatic hydroxyl groups is 1. The number of para-hydroxylation sites is 1. The van der Waals surface area contributed by atoms with E-state index in [2.05, 4.69) is 27.4 Å². The fraction of sp³-hybridized carbons (Fsp3) is 0.429. The molecule has 9 nitrogen and oxygen atoms in total. The van der Waals surface area contributed by atoms with Crippen molar-refractivity contribution in [1.82, 2.24) is 19.1 Å². The lowest BCUT2D eigenvalue weighted by atomic mass is 10.1. The molecule has 0 saturated heterocycles. The second-order valence-corrected chi connectivity index (χ2v) is 7.27. The Kier molecular flexibility index (Phi) is 7.05. The lowest BCUT2D eigenvalue weighted by Crippen LogP contribution is -2.29. The molecule has 3 N–H and O–H groups in total. The minimum Gasteiger partial charge on any atom is -0.507 e. The maximum absolute atomic E-state index is 12.5. The molecule has 0 aliphatic rings. The summed E-state index contributed by atoms with van der Waals surface area (Å²) in [5.41, 5.74) is 3.06. The van der Waals surface area contributed by atoms with Crippen molar-refractivity contribution in [1.29, 1.82) is 0 Å². The molecule has 0 bridgehead atoms. The fourth-order valence-corrected chi connectivity index (χ4v) is 3.34. The first-order valence-corrected chi connectivity index (χ1v) is 10.3. The number of hydrogen-bond acceptors (Lipinski definition) is 6. The SMILES string of the molecule is CCCCCCCCn1c(N/N=C\c2ccccc2O)nc2c1c(=O)[nH]c(=O)n2C. The maximum atomic E-state index is 12.5. The van der Waals surface area contributed by atoms with Gasteiger partial charge in [0.1, 0.15) is 5.75 Å². The Hall–Kier alpha value is -3.36. The normalized spacial score (nSPS) is 11.5. The molecule has 0 aliphatic carbocycles. The number of hydrogen-bond donors (Lipinski definition) is 3. The average Bonchev–Trinajstić information content (AvgIpc) is 3.09. The molecule has 2 aromatic heterocycles. The molecular weight excluding hydrogens is 384 g/mol. The highest BCUT2D eigenvalue weighted by Crippen LogP contribution is 2.18. The third kappa shape index (κ3) is 4.79. The molecule has 9 heteroatoms. The van der Waals surface area contributed by atoms with Crippen molar-refractivity contribution >= 4 is 23.3 Å². The summed E-state index contributed by atoms with van der Waals surface area (Å²) in [7, 11) is 1.57. The molecule has 30 heavy (non-hydrogen) atoms. The Morgan fingerprint density at radius 3 is 2.67 bits per heavy atom. The zero-order valence-corrected chi connectivity index (χ0v) is 17.4. The molecule has 0 aliphatic heterocycles. The topological polar surface area (TPSA) is 117 Å². The van der Waals surface area contributed by atoms with Crippen LogP contribution in [-0.4, -0.2) is 30.4 Å². The third-order valence-electron chi connectivity index (χ3n) is 5.05. The highest BCUT2D eigenvalue weighted by molar-refractivity contribution is 5.83. The Morgan fingerprint density at radius 2 is 1.90 bits per heavy atom. The minimum atomic E-state index is -0.513. The number of rotatable bonds is 10. The van der Waals surface area contributed by atoms with Crippen LogP contribution in [0, 0.1) is 0 Å². The van der Waals surface area contributed by atoms with Crippen LogP contribution in [-0.2, 0) is 13.6 Å². The zero-order chi connectivity index (χ0) is 21.5. The van der Waals surface area contributed by atoms with Crippen LogP contribution in [0.25, 0.3) is 11.2 Å².